The molecule has 0 bridgehead atoms. The molecule has 1 amide bonds. The first-order chi connectivity index (χ1) is 14.7. The Morgan fingerprint density at radius 2 is 1.68 bits per heavy atom. The summed E-state index contributed by atoms with van der Waals surface area (Å²) in [6.07, 6.45) is 0. The highest BCUT2D eigenvalue weighted by atomic mass is 35.5. The third kappa shape index (κ3) is 5.57. The molecule has 3 aromatic carbocycles. The fourth-order valence-corrected chi connectivity index (χ4v) is 4.16. The lowest BCUT2D eigenvalue weighted by atomic mass is 10.1. The van der Waals surface area contributed by atoms with E-state index in [1.807, 2.05) is 32.0 Å². The van der Waals surface area contributed by atoms with E-state index in [9.17, 15) is 13.2 Å². The minimum atomic E-state index is -3.89. The van der Waals surface area contributed by atoms with Crippen molar-refractivity contribution in [2.75, 3.05) is 11.8 Å². The standard InChI is InChI=1S/C23H23ClN2O4S/c1-15-4-7-18(12-16(15)2)26-31(28,29)20-10-11-22(24)21(13-20)23(27)25-14-17-5-8-19(30-3)9-6-17/h4-13,26H,14H2,1-3H3,(H,25,27). The Labute approximate surface area is 187 Å². The average molecular weight is 459 g/mol. The second-order valence-corrected chi connectivity index (χ2v) is 9.17. The number of sulfonamides is 1. The zero-order valence-electron chi connectivity index (χ0n) is 17.4. The Balaban J connectivity index is 1.77. The van der Waals surface area contributed by atoms with Crippen LogP contribution in [-0.4, -0.2) is 21.4 Å². The Morgan fingerprint density at radius 3 is 2.32 bits per heavy atom. The van der Waals surface area contributed by atoms with Gasteiger partial charge < -0.3 is 10.1 Å². The van der Waals surface area contributed by atoms with Crippen molar-refractivity contribution in [1.29, 1.82) is 0 Å². The van der Waals surface area contributed by atoms with Crippen molar-refractivity contribution in [2.45, 2.75) is 25.3 Å². The van der Waals surface area contributed by atoms with E-state index in [0.717, 1.165) is 16.7 Å². The predicted molar refractivity (Wildman–Crippen MR) is 122 cm³/mol. The molecular weight excluding hydrogens is 436 g/mol. The number of carbonyl (C=O) groups excluding carboxylic acids is 1. The van der Waals surface area contributed by atoms with Gasteiger partial charge in [-0.15, -0.1) is 0 Å². The van der Waals surface area contributed by atoms with E-state index in [4.69, 9.17) is 16.3 Å². The molecule has 0 aromatic heterocycles. The zero-order valence-corrected chi connectivity index (χ0v) is 19.0. The molecule has 0 fully saturated rings. The number of anilines is 1. The van der Waals surface area contributed by atoms with Gasteiger partial charge in [-0.1, -0.05) is 29.8 Å². The summed E-state index contributed by atoms with van der Waals surface area (Å²) in [5, 5.41) is 2.92. The topological polar surface area (TPSA) is 84.5 Å². The van der Waals surface area contributed by atoms with Gasteiger partial charge in [0.15, 0.2) is 0 Å². The molecule has 0 unspecified atom stereocenters. The monoisotopic (exact) mass is 458 g/mol. The molecule has 162 valence electrons. The number of halogens is 1. The van der Waals surface area contributed by atoms with Crippen LogP contribution in [0.2, 0.25) is 5.02 Å². The molecular formula is C23H23ClN2O4S. The molecule has 3 rings (SSSR count). The summed E-state index contributed by atoms with van der Waals surface area (Å²) in [5.74, 6) is 0.247. The maximum absolute atomic E-state index is 12.8. The van der Waals surface area contributed by atoms with E-state index in [2.05, 4.69) is 10.0 Å². The molecule has 8 heteroatoms. The highest BCUT2D eigenvalue weighted by Crippen LogP contribution is 2.24. The summed E-state index contributed by atoms with van der Waals surface area (Å²) in [6, 6.07) is 16.6. The number of aryl methyl sites for hydroxylation is 2. The van der Waals surface area contributed by atoms with Crippen LogP contribution in [0.1, 0.15) is 27.0 Å². The van der Waals surface area contributed by atoms with Crippen LogP contribution in [0.3, 0.4) is 0 Å². The quantitative estimate of drug-likeness (QED) is 0.537. The van der Waals surface area contributed by atoms with Crippen molar-refractivity contribution in [3.63, 3.8) is 0 Å². The van der Waals surface area contributed by atoms with Gasteiger partial charge >= 0.3 is 0 Å². The molecule has 0 aliphatic rings. The smallest absolute Gasteiger partial charge is 0.261 e. The van der Waals surface area contributed by atoms with Gasteiger partial charge in [-0.3, -0.25) is 9.52 Å². The molecule has 0 spiro atoms. The van der Waals surface area contributed by atoms with E-state index < -0.39 is 15.9 Å². The van der Waals surface area contributed by atoms with Gasteiger partial charge in [0.1, 0.15) is 5.75 Å². The highest BCUT2D eigenvalue weighted by Gasteiger charge is 2.19. The lowest BCUT2D eigenvalue weighted by Gasteiger charge is -2.12. The van der Waals surface area contributed by atoms with E-state index in [-0.39, 0.29) is 22.0 Å². The Bertz CT molecular complexity index is 1210. The van der Waals surface area contributed by atoms with Crippen LogP contribution in [-0.2, 0) is 16.6 Å². The number of benzene rings is 3. The third-order valence-electron chi connectivity index (χ3n) is 4.86. The molecule has 0 atom stereocenters. The van der Waals surface area contributed by atoms with E-state index in [1.165, 1.54) is 18.2 Å². The first kappa shape index (κ1) is 22.7. The number of nitrogens with one attached hydrogen (secondary N) is 2. The van der Waals surface area contributed by atoms with Gasteiger partial charge in [-0.2, -0.15) is 0 Å². The summed E-state index contributed by atoms with van der Waals surface area (Å²) >= 11 is 6.17. The number of hydrogen-bond donors (Lipinski definition) is 2. The first-order valence-electron chi connectivity index (χ1n) is 9.50. The van der Waals surface area contributed by atoms with Crippen molar-refractivity contribution < 1.29 is 17.9 Å². The highest BCUT2D eigenvalue weighted by molar-refractivity contribution is 7.92. The molecule has 0 radical (unpaired) electrons. The molecule has 0 aliphatic heterocycles. The van der Waals surface area contributed by atoms with Crippen LogP contribution in [0.25, 0.3) is 0 Å². The normalized spacial score (nSPS) is 11.1. The van der Waals surface area contributed by atoms with Crippen molar-refractivity contribution >= 4 is 33.2 Å². The lowest BCUT2D eigenvalue weighted by Crippen LogP contribution is -2.23. The number of amides is 1. The number of methoxy groups -OCH3 is 1. The van der Waals surface area contributed by atoms with E-state index in [0.29, 0.717) is 11.4 Å². The predicted octanol–water partition coefficient (Wildman–Crippen LogP) is 4.70. The molecule has 31 heavy (non-hydrogen) atoms. The van der Waals surface area contributed by atoms with Gasteiger partial charge in [0, 0.05) is 12.2 Å². The summed E-state index contributed by atoms with van der Waals surface area (Å²) < 4.78 is 33.3. The van der Waals surface area contributed by atoms with Crippen LogP contribution in [0.5, 0.6) is 5.75 Å². The fourth-order valence-electron chi connectivity index (χ4n) is 2.89. The maximum Gasteiger partial charge on any atom is 0.261 e. The SMILES string of the molecule is COc1ccc(CNC(=O)c2cc(S(=O)(=O)Nc3ccc(C)c(C)c3)ccc2Cl)cc1. The number of hydrogen-bond acceptors (Lipinski definition) is 4. The lowest BCUT2D eigenvalue weighted by molar-refractivity contribution is 0.0951. The van der Waals surface area contributed by atoms with Crippen molar-refractivity contribution in [1.82, 2.24) is 5.32 Å². The van der Waals surface area contributed by atoms with Crippen LogP contribution in [0.15, 0.2) is 65.6 Å². The van der Waals surface area contributed by atoms with Crippen molar-refractivity contribution in [3.8, 4) is 5.75 Å². The second-order valence-electron chi connectivity index (χ2n) is 7.08. The van der Waals surface area contributed by atoms with E-state index >= 15 is 0 Å². The summed E-state index contributed by atoms with van der Waals surface area (Å²) in [7, 11) is -2.32. The van der Waals surface area contributed by atoms with Crippen LogP contribution >= 0.6 is 11.6 Å². The third-order valence-corrected chi connectivity index (χ3v) is 6.57. The van der Waals surface area contributed by atoms with Crippen LogP contribution < -0.4 is 14.8 Å². The number of carbonyl (C=O) groups is 1. The Hall–Kier alpha value is -3.03. The molecule has 2 N–H and O–H groups in total. The Morgan fingerprint density at radius 1 is 0.968 bits per heavy atom. The second kappa shape index (κ2) is 9.41. The van der Waals surface area contributed by atoms with Gasteiger partial charge in [-0.25, -0.2) is 8.42 Å². The molecule has 3 aromatic rings. The molecule has 6 nitrogen and oxygen atoms in total. The molecule has 0 aliphatic carbocycles. The van der Waals surface area contributed by atoms with E-state index in [1.54, 1.807) is 31.4 Å². The summed E-state index contributed by atoms with van der Waals surface area (Å²) in [6.45, 7) is 4.11. The number of rotatable bonds is 7. The minimum absolute atomic E-state index is 0.0512. The zero-order chi connectivity index (χ0) is 22.6. The number of ether oxygens (including phenoxy) is 1. The van der Waals surface area contributed by atoms with Gasteiger partial charge in [-0.05, 0) is 73.0 Å². The van der Waals surface area contributed by atoms with Crippen LogP contribution in [0.4, 0.5) is 5.69 Å². The van der Waals surface area contributed by atoms with Crippen molar-refractivity contribution in [2.24, 2.45) is 0 Å². The maximum atomic E-state index is 12.8. The van der Waals surface area contributed by atoms with Gasteiger partial charge in [0.05, 0.1) is 22.6 Å². The Kier molecular flexibility index (Phi) is 6.87. The van der Waals surface area contributed by atoms with Gasteiger partial charge in [0.25, 0.3) is 15.9 Å². The summed E-state index contributed by atoms with van der Waals surface area (Å²) in [4.78, 5) is 12.6. The molecule has 0 saturated heterocycles. The van der Waals surface area contributed by atoms with Gasteiger partial charge in [0.2, 0.25) is 0 Å². The van der Waals surface area contributed by atoms with Crippen molar-refractivity contribution in [3.05, 3.63) is 87.9 Å². The minimum Gasteiger partial charge on any atom is -0.497 e. The molecule has 0 saturated carbocycles. The largest absolute Gasteiger partial charge is 0.497 e. The first-order valence-corrected chi connectivity index (χ1v) is 11.4. The average Bonchev–Trinajstić information content (AvgIpc) is 2.75. The fraction of sp³-hybridized carbons (Fsp3) is 0.174. The van der Waals surface area contributed by atoms with Crippen LogP contribution in [0, 0.1) is 13.8 Å². The molecule has 0 heterocycles. The summed E-state index contributed by atoms with van der Waals surface area (Å²) in [5.41, 5.74) is 3.42.